The van der Waals surface area contributed by atoms with Gasteiger partial charge in [-0.05, 0) is 30.4 Å². The number of nitro benzene ring substituents is 1. The number of hydrogen-bond donors (Lipinski definition) is 2. The van der Waals surface area contributed by atoms with Gasteiger partial charge >= 0.3 is 12.2 Å². The Bertz CT molecular complexity index is 692. The van der Waals surface area contributed by atoms with E-state index in [1.54, 1.807) is 6.92 Å². The molecule has 7 nitrogen and oxygen atoms in total. The lowest BCUT2D eigenvalue weighted by Gasteiger charge is -2.21. The quantitative estimate of drug-likeness (QED) is 0.391. The van der Waals surface area contributed by atoms with E-state index in [0.29, 0.717) is 30.8 Å². The molecule has 150 valence electrons. The van der Waals surface area contributed by atoms with Gasteiger partial charge in [0.2, 0.25) is 0 Å². The summed E-state index contributed by atoms with van der Waals surface area (Å²) in [4.78, 5) is 32.8. The molecule has 10 heteroatoms. The van der Waals surface area contributed by atoms with Crippen LogP contribution in [0.15, 0.2) is 18.2 Å². The van der Waals surface area contributed by atoms with Crippen molar-refractivity contribution in [3.8, 4) is 0 Å². The van der Waals surface area contributed by atoms with Gasteiger partial charge in [0, 0.05) is 11.8 Å². The van der Waals surface area contributed by atoms with E-state index in [1.807, 2.05) is 13.8 Å². The van der Waals surface area contributed by atoms with Crippen molar-refractivity contribution in [2.45, 2.75) is 45.8 Å². The molecule has 2 N–H and O–H groups in total. The Morgan fingerprint density at radius 3 is 2.37 bits per heavy atom. The summed E-state index contributed by atoms with van der Waals surface area (Å²) < 4.78 is 38.9. The average molecular weight is 389 g/mol. The molecular weight excluding hydrogens is 367 g/mol. The molecule has 0 aliphatic carbocycles. The van der Waals surface area contributed by atoms with Crippen LogP contribution >= 0.6 is 0 Å². The average Bonchev–Trinajstić information content (AvgIpc) is 2.56. The van der Waals surface area contributed by atoms with Crippen molar-refractivity contribution in [1.29, 1.82) is 0 Å². The Balaban J connectivity index is 2.87. The van der Waals surface area contributed by atoms with Gasteiger partial charge in [-0.2, -0.15) is 13.2 Å². The van der Waals surface area contributed by atoms with E-state index in [4.69, 9.17) is 0 Å². The van der Waals surface area contributed by atoms with Crippen LogP contribution in [0.3, 0.4) is 0 Å². The lowest BCUT2D eigenvalue weighted by molar-refractivity contribution is -0.388. The Hall–Kier alpha value is -2.65. The van der Waals surface area contributed by atoms with Gasteiger partial charge in [0.25, 0.3) is 5.69 Å². The highest BCUT2D eigenvalue weighted by Crippen LogP contribution is 2.37. The van der Waals surface area contributed by atoms with E-state index < -0.39 is 34.4 Å². The summed E-state index contributed by atoms with van der Waals surface area (Å²) in [5, 5.41) is 15.3. The molecule has 27 heavy (non-hydrogen) atoms. The minimum Gasteiger partial charge on any atom is -0.328 e. The third-order valence-corrected chi connectivity index (χ3v) is 4.01. The van der Waals surface area contributed by atoms with E-state index in [9.17, 15) is 32.9 Å². The number of nitrogens with one attached hydrogen (secondary N) is 2. The lowest BCUT2D eigenvalue weighted by atomic mass is 9.94. The summed E-state index contributed by atoms with van der Waals surface area (Å²) in [5.41, 5.74) is -2.85. The molecular formula is C17H22F3N3O4. The highest BCUT2D eigenvalue weighted by atomic mass is 19.4. The maximum absolute atomic E-state index is 13.0. The second-order valence-electron chi connectivity index (χ2n) is 6.70. The summed E-state index contributed by atoms with van der Waals surface area (Å²) >= 11 is 0. The first-order chi connectivity index (χ1) is 12.5. The molecule has 0 bridgehead atoms. The number of nitro groups is 1. The predicted molar refractivity (Wildman–Crippen MR) is 93.3 cm³/mol. The lowest BCUT2D eigenvalue weighted by Crippen LogP contribution is -2.43. The molecule has 0 aromatic heterocycles. The first-order valence-electron chi connectivity index (χ1n) is 8.34. The first kappa shape index (κ1) is 22.4. The van der Waals surface area contributed by atoms with Crippen molar-refractivity contribution in [2.24, 2.45) is 11.8 Å². The monoisotopic (exact) mass is 389 g/mol. The Labute approximate surface area is 154 Å². The minimum atomic E-state index is -4.95. The van der Waals surface area contributed by atoms with Crippen LogP contribution in [0.5, 0.6) is 0 Å². The molecule has 0 radical (unpaired) electrons. The second-order valence-corrected chi connectivity index (χ2v) is 6.70. The molecule has 0 aliphatic heterocycles. The van der Waals surface area contributed by atoms with Crippen LogP contribution in [0.2, 0.25) is 0 Å². The van der Waals surface area contributed by atoms with Gasteiger partial charge in [-0.15, -0.1) is 0 Å². The van der Waals surface area contributed by atoms with E-state index in [0.717, 1.165) is 12.5 Å². The van der Waals surface area contributed by atoms with Crippen molar-refractivity contribution in [2.75, 3.05) is 5.32 Å². The predicted octanol–water partition coefficient (Wildman–Crippen LogP) is 4.37. The fourth-order valence-corrected chi connectivity index (χ4v) is 2.40. The molecule has 0 heterocycles. The third-order valence-electron chi connectivity index (χ3n) is 4.01. The fraction of sp³-hybridized carbons (Fsp3) is 0.529. The molecule has 1 aromatic rings. The number of amides is 2. The number of halogens is 3. The smallest absolute Gasteiger partial charge is 0.328 e. The zero-order chi connectivity index (χ0) is 20.8. The Morgan fingerprint density at radius 1 is 1.26 bits per heavy atom. The fourth-order valence-electron chi connectivity index (χ4n) is 2.40. The molecule has 1 aromatic carbocycles. The van der Waals surface area contributed by atoms with Crippen LogP contribution in [-0.4, -0.2) is 23.3 Å². The maximum atomic E-state index is 13.0. The van der Waals surface area contributed by atoms with Gasteiger partial charge in [0.15, 0.2) is 0 Å². The van der Waals surface area contributed by atoms with Crippen molar-refractivity contribution >= 4 is 23.7 Å². The van der Waals surface area contributed by atoms with Gasteiger partial charge in [-0.25, -0.2) is 4.79 Å². The molecule has 2 atom stereocenters. The topological polar surface area (TPSA) is 101 Å². The molecule has 0 saturated heterocycles. The van der Waals surface area contributed by atoms with Gasteiger partial charge < -0.3 is 15.4 Å². The number of carbonyl (C=O) groups excluding carboxylic acids is 2. The number of benzene rings is 1. The number of urea groups is 1. The summed E-state index contributed by atoms with van der Waals surface area (Å²) in [7, 11) is 0. The van der Waals surface area contributed by atoms with Crippen molar-refractivity contribution in [3.05, 3.63) is 33.9 Å². The Kier molecular flexibility index (Phi) is 7.74. The van der Waals surface area contributed by atoms with Crippen LogP contribution in [0, 0.1) is 22.0 Å². The standard InChI is InChI=1S/C17H22F3N3O4/c1-10(2)4-5-11(3)14(9-24)22-16(25)21-12-6-7-15(23(26)27)13(8-12)17(18,19)20/h6-11,14H,4-5H2,1-3H3,(H2,21,22,25)/t11?,14-/m0/s1. The van der Waals surface area contributed by atoms with E-state index >= 15 is 0 Å². The summed E-state index contributed by atoms with van der Waals surface area (Å²) in [6.07, 6.45) is -2.84. The zero-order valence-electron chi connectivity index (χ0n) is 15.2. The second kappa shape index (κ2) is 9.33. The maximum Gasteiger partial charge on any atom is 0.423 e. The summed E-state index contributed by atoms with van der Waals surface area (Å²) in [6, 6.07) is 0.469. The number of aldehydes is 1. The highest BCUT2D eigenvalue weighted by Gasteiger charge is 2.38. The molecule has 0 fully saturated rings. The van der Waals surface area contributed by atoms with E-state index in [-0.39, 0.29) is 11.6 Å². The van der Waals surface area contributed by atoms with Crippen molar-refractivity contribution in [3.63, 3.8) is 0 Å². The molecule has 1 rings (SSSR count). The molecule has 0 spiro atoms. The van der Waals surface area contributed by atoms with Gasteiger partial charge in [-0.3, -0.25) is 10.1 Å². The normalized spacial score (nSPS) is 13.7. The van der Waals surface area contributed by atoms with Gasteiger partial charge in [0.05, 0.1) is 11.0 Å². The Morgan fingerprint density at radius 2 is 1.89 bits per heavy atom. The van der Waals surface area contributed by atoms with Crippen molar-refractivity contribution < 1.29 is 27.7 Å². The number of alkyl halides is 3. The SMILES string of the molecule is CC(C)CCC(C)[C@H](C=O)NC(=O)Nc1ccc([N+](=O)[O-])c(C(F)(F)F)c1. The summed E-state index contributed by atoms with van der Waals surface area (Å²) in [6.45, 7) is 5.83. The number of anilines is 1. The molecule has 0 saturated carbocycles. The minimum absolute atomic E-state index is 0.154. The van der Waals surface area contributed by atoms with Crippen LogP contribution in [0.1, 0.15) is 39.2 Å². The summed E-state index contributed by atoms with van der Waals surface area (Å²) in [5.74, 6) is 0.271. The number of carbonyl (C=O) groups is 2. The molecule has 2 amide bonds. The number of hydrogen-bond acceptors (Lipinski definition) is 4. The largest absolute Gasteiger partial charge is 0.423 e. The molecule has 1 unspecified atom stereocenters. The van der Waals surface area contributed by atoms with Crippen LogP contribution in [0.25, 0.3) is 0 Å². The third kappa shape index (κ3) is 6.87. The van der Waals surface area contributed by atoms with E-state index in [2.05, 4.69) is 10.6 Å². The van der Waals surface area contributed by atoms with Gasteiger partial charge in [0.1, 0.15) is 11.8 Å². The van der Waals surface area contributed by atoms with Crippen LogP contribution in [0.4, 0.5) is 29.3 Å². The van der Waals surface area contributed by atoms with Gasteiger partial charge in [-0.1, -0.05) is 27.2 Å². The zero-order valence-corrected chi connectivity index (χ0v) is 15.2. The number of rotatable bonds is 8. The van der Waals surface area contributed by atoms with Crippen molar-refractivity contribution in [1.82, 2.24) is 5.32 Å². The molecule has 0 aliphatic rings. The van der Waals surface area contributed by atoms with E-state index in [1.165, 1.54) is 0 Å². The first-order valence-corrected chi connectivity index (χ1v) is 8.34. The highest BCUT2D eigenvalue weighted by molar-refractivity contribution is 5.91. The number of nitrogens with zero attached hydrogens (tertiary/aromatic N) is 1. The van der Waals surface area contributed by atoms with Crippen LogP contribution in [-0.2, 0) is 11.0 Å². The van der Waals surface area contributed by atoms with Crippen LogP contribution < -0.4 is 10.6 Å².